The maximum Gasteiger partial charge on any atom is 0.225 e. The minimum absolute atomic E-state index is 0.450. The number of rotatable bonds is 2. The monoisotopic (exact) mass is 335 g/mol. The highest BCUT2D eigenvalue weighted by Crippen LogP contribution is 2.37. The number of fused-ring (bicyclic) bond motifs is 2. The first kappa shape index (κ1) is 14.7. The van der Waals surface area contributed by atoms with E-state index in [0.717, 1.165) is 48.1 Å². The highest BCUT2D eigenvalue weighted by atomic mass is 16.3. The molecule has 2 aliphatic rings. The number of hydrogen-bond donors (Lipinski definition) is 0. The zero-order chi connectivity index (χ0) is 16.8. The van der Waals surface area contributed by atoms with Gasteiger partial charge in [-0.1, -0.05) is 0 Å². The largest absolute Gasteiger partial charge is 0.464 e. The smallest absolute Gasteiger partial charge is 0.225 e. The molecule has 0 bridgehead atoms. The average molecular weight is 335 g/mol. The Bertz CT molecular complexity index is 907. The summed E-state index contributed by atoms with van der Waals surface area (Å²) in [5, 5.41) is 1.10. The number of pyridine rings is 1. The Hall–Kier alpha value is -2.63. The first-order valence-electron chi connectivity index (χ1n) is 8.93. The molecule has 2 unspecified atom stereocenters. The zero-order valence-electron chi connectivity index (χ0n) is 14.3. The Labute approximate surface area is 146 Å². The molecule has 3 aromatic heterocycles. The molecular weight excluding hydrogens is 314 g/mol. The molecule has 2 fully saturated rings. The lowest BCUT2D eigenvalue weighted by molar-refractivity contribution is 0.387. The van der Waals surface area contributed by atoms with Crippen LogP contribution in [0.4, 0.5) is 11.8 Å². The second-order valence-electron chi connectivity index (χ2n) is 7.01. The first-order valence-corrected chi connectivity index (χ1v) is 8.93. The van der Waals surface area contributed by atoms with Gasteiger partial charge in [0.2, 0.25) is 5.95 Å². The second kappa shape index (κ2) is 5.72. The van der Waals surface area contributed by atoms with Gasteiger partial charge in [-0.25, -0.2) is 15.0 Å². The van der Waals surface area contributed by atoms with Crippen molar-refractivity contribution in [2.24, 2.45) is 5.92 Å². The number of piperidine rings is 1. The van der Waals surface area contributed by atoms with Crippen molar-refractivity contribution in [3.8, 4) is 0 Å². The summed E-state index contributed by atoms with van der Waals surface area (Å²) in [5.41, 5.74) is 1.92. The minimum atomic E-state index is 0.450. The summed E-state index contributed by atoms with van der Waals surface area (Å²) >= 11 is 0. The van der Waals surface area contributed by atoms with E-state index in [1.807, 2.05) is 37.5 Å². The van der Waals surface area contributed by atoms with Crippen LogP contribution in [-0.4, -0.2) is 40.6 Å². The molecule has 0 aliphatic carbocycles. The average Bonchev–Trinajstić information content (AvgIpc) is 3.27. The zero-order valence-corrected chi connectivity index (χ0v) is 14.3. The van der Waals surface area contributed by atoms with Crippen LogP contribution in [0.5, 0.6) is 0 Å². The topological polar surface area (TPSA) is 58.3 Å². The van der Waals surface area contributed by atoms with E-state index in [1.165, 1.54) is 12.8 Å². The van der Waals surface area contributed by atoms with Gasteiger partial charge in [-0.2, -0.15) is 0 Å². The highest BCUT2D eigenvalue weighted by molar-refractivity contribution is 5.88. The molecule has 6 nitrogen and oxygen atoms in total. The van der Waals surface area contributed by atoms with Crippen molar-refractivity contribution in [2.75, 3.05) is 29.4 Å². The van der Waals surface area contributed by atoms with Crippen LogP contribution in [0, 0.1) is 12.8 Å². The summed E-state index contributed by atoms with van der Waals surface area (Å²) in [7, 11) is 0. The summed E-state index contributed by atoms with van der Waals surface area (Å²) in [4.78, 5) is 18.6. The normalized spacial score (nSPS) is 23.2. The number of aromatic nitrogens is 3. The number of furan rings is 1. The Morgan fingerprint density at radius 2 is 1.96 bits per heavy atom. The van der Waals surface area contributed by atoms with Gasteiger partial charge in [0.05, 0.1) is 17.7 Å². The number of anilines is 2. The maximum atomic E-state index is 5.56. The van der Waals surface area contributed by atoms with Crippen molar-refractivity contribution in [1.82, 2.24) is 15.0 Å². The van der Waals surface area contributed by atoms with Crippen LogP contribution < -0.4 is 9.80 Å². The highest BCUT2D eigenvalue weighted by Gasteiger charge is 2.40. The fraction of sp³-hybridized carbons (Fsp3) is 0.421. The summed E-state index contributed by atoms with van der Waals surface area (Å²) in [6, 6.07) is 6.35. The van der Waals surface area contributed by atoms with E-state index in [9.17, 15) is 0 Å². The minimum Gasteiger partial charge on any atom is -0.464 e. The van der Waals surface area contributed by atoms with E-state index < -0.39 is 0 Å². The third-order valence-electron chi connectivity index (χ3n) is 5.56. The molecular formula is C19H21N5O. The lowest BCUT2D eigenvalue weighted by Crippen LogP contribution is -2.49. The molecule has 0 aromatic carbocycles. The van der Waals surface area contributed by atoms with Gasteiger partial charge in [0.15, 0.2) is 0 Å². The van der Waals surface area contributed by atoms with Gasteiger partial charge in [0.25, 0.3) is 0 Å². The second-order valence-corrected chi connectivity index (χ2v) is 7.01. The van der Waals surface area contributed by atoms with Gasteiger partial charge >= 0.3 is 0 Å². The predicted molar refractivity (Wildman–Crippen MR) is 96.8 cm³/mol. The van der Waals surface area contributed by atoms with E-state index >= 15 is 0 Å². The van der Waals surface area contributed by atoms with Gasteiger partial charge in [0.1, 0.15) is 11.4 Å². The van der Waals surface area contributed by atoms with Crippen molar-refractivity contribution in [1.29, 1.82) is 0 Å². The van der Waals surface area contributed by atoms with E-state index in [-0.39, 0.29) is 0 Å². The molecule has 2 atom stereocenters. The van der Waals surface area contributed by atoms with E-state index in [2.05, 4.69) is 24.8 Å². The molecule has 5 rings (SSSR count). The molecule has 0 spiro atoms. The van der Waals surface area contributed by atoms with E-state index in [1.54, 1.807) is 6.26 Å². The number of aryl methyl sites for hydroxylation is 1. The van der Waals surface area contributed by atoms with Crippen molar-refractivity contribution in [3.05, 3.63) is 42.5 Å². The Morgan fingerprint density at radius 1 is 1.08 bits per heavy atom. The van der Waals surface area contributed by atoms with Crippen LogP contribution in [0.15, 0.2) is 41.3 Å². The quantitative estimate of drug-likeness (QED) is 0.717. The fourth-order valence-electron chi connectivity index (χ4n) is 4.28. The van der Waals surface area contributed by atoms with Crippen molar-refractivity contribution < 1.29 is 4.42 Å². The molecule has 0 radical (unpaired) electrons. The van der Waals surface area contributed by atoms with Crippen molar-refractivity contribution >= 4 is 22.7 Å². The summed E-state index contributed by atoms with van der Waals surface area (Å²) in [6.45, 7) is 5.05. The lowest BCUT2D eigenvalue weighted by atomic mass is 9.92. The van der Waals surface area contributed by atoms with Gasteiger partial charge in [-0.05, 0) is 43.9 Å². The van der Waals surface area contributed by atoms with E-state index in [4.69, 9.17) is 4.42 Å². The molecule has 5 heterocycles. The summed E-state index contributed by atoms with van der Waals surface area (Å²) in [6.07, 6.45) is 7.85. The van der Waals surface area contributed by atoms with Crippen molar-refractivity contribution in [2.45, 2.75) is 25.8 Å². The molecule has 0 amide bonds. The third-order valence-corrected chi connectivity index (χ3v) is 5.56. The van der Waals surface area contributed by atoms with Gasteiger partial charge < -0.3 is 14.2 Å². The molecule has 3 aromatic rings. The van der Waals surface area contributed by atoms with E-state index in [0.29, 0.717) is 12.0 Å². The molecule has 0 saturated carbocycles. The van der Waals surface area contributed by atoms with Crippen LogP contribution in [0.2, 0.25) is 0 Å². The van der Waals surface area contributed by atoms with Crippen LogP contribution in [0.1, 0.15) is 18.5 Å². The van der Waals surface area contributed by atoms with Crippen LogP contribution in [0.25, 0.3) is 11.0 Å². The predicted octanol–water partition coefficient (Wildman–Crippen LogP) is 3.03. The standard InChI is InChI=1S/C19H21N5O/c1-13-2-7-21-19(22-13)23-9-4-14-5-10-24(16(14)12-23)18-15-6-11-25-17(15)3-8-20-18/h2-3,6-8,11,14,16H,4-5,9-10,12H2,1H3. The molecule has 128 valence electrons. The summed E-state index contributed by atoms with van der Waals surface area (Å²) in [5.74, 6) is 2.61. The SMILES string of the molecule is Cc1ccnc(N2CCC3CCN(c4nccc5occc45)C3C2)n1. The van der Waals surface area contributed by atoms with Gasteiger partial charge in [-0.3, -0.25) is 0 Å². The van der Waals surface area contributed by atoms with Crippen LogP contribution in [0.3, 0.4) is 0 Å². The summed E-state index contributed by atoms with van der Waals surface area (Å²) < 4.78 is 5.56. The number of hydrogen-bond acceptors (Lipinski definition) is 6. The number of nitrogens with zero attached hydrogens (tertiary/aromatic N) is 5. The molecule has 2 aliphatic heterocycles. The molecule has 0 N–H and O–H groups in total. The van der Waals surface area contributed by atoms with Gasteiger partial charge in [0, 0.05) is 37.7 Å². The van der Waals surface area contributed by atoms with Crippen LogP contribution >= 0.6 is 0 Å². The first-order chi connectivity index (χ1) is 12.3. The maximum absolute atomic E-state index is 5.56. The molecule has 25 heavy (non-hydrogen) atoms. The van der Waals surface area contributed by atoms with Gasteiger partial charge in [-0.15, -0.1) is 0 Å². The fourth-order valence-corrected chi connectivity index (χ4v) is 4.28. The third kappa shape index (κ3) is 2.44. The lowest BCUT2D eigenvalue weighted by Gasteiger charge is -2.39. The van der Waals surface area contributed by atoms with Crippen LogP contribution in [-0.2, 0) is 0 Å². The Balaban J connectivity index is 1.47. The Kier molecular flexibility index (Phi) is 3.36. The Morgan fingerprint density at radius 3 is 2.88 bits per heavy atom. The molecule has 6 heteroatoms. The molecule has 2 saturated heterocycles. The van der Waals surface area contributed by atoms with Crippen molar-refractivity contribution in [3.63, 3.8) is 0 Å².